The Hall–Kier alpha value is -2.15. The first-order chi connectivity index (χ1) is 9.95. The van der Waals surface area contributed by atoms with Crippen molar-refractivity contribution in [3.05, 3.63) is 53.2 Å². The van der Waals surface area contributed by atoms with Crippen LogP contribution in [0.3, 0.4) is 0 Å². The van der Waals surface area contributed by atoms with E-state index in [0.717, 1.165) is 27.6 Å². The van der Waals surface area contributed by atoms with Crippen molar-refractivity contribution in [2.24, 2.45) is 0 Å². The van der Waals surface area contributed by atoms with E-state index in [2.05, 4.69) is 10.1 Å². The van der Waals surface area contributed by atoms with Gasteiger partial charge in [-0.1, -0.05) is 30.3 Å². The normalized spacial score (nSPS) is 11.8. The lowest BCUT2D eigenvalue weighted by molar-refractivity contribution is -0.142. The van der Waals surface area contributed by atoms with Crippen molar-refractivity contribution in [1.29, 1.82) is 0 Å². The highest BCUT2D eigenvalue weighted by atomic mass is 32.1. The summed E-state index contributed by atoms with van der Waals surface area (Å²) >= 11 is 1.13. The van der Waals surface area contributed by atoms with Crippen molar-refractivity contribution in [2.75, 3.05) is 0 Å². The van der Waals surface area contributed by atoms with Gasteiger partial charge in [-0.2, -0.15) is 18.3 Å². The summed E-state index contributed by atoms with van der Waals surface area (Å²) in [6, 6.07) is 10.3. The zero-order valence-electron chi connectivity index (χ0n) is 10.9. The van der Waals surface area contributed by atoms with E-state index >= 15 is 0 Å². The molecule has 2 aromatic heterocycles. The van der Waals surface area contributed by atoms with Crippen molar-refractivity contribution >= 4 is 11.3 Å². The predicted octanol–water partition coefficient (Wildman–Crippen LogP) is 4.32. The van der Waals surface area contributed by atoms with Crippen molar-refractivity contribution in [1.82, 2.24) is 14.8 Å². The molecule has 2 heterocycles. The SMILES string of the molecule is Cc1cc(C(F)(F)F)n(-c2nc(-c3ccccc3)cs2)n1. The maximum Gasteiger partial charge on any atom is 0.433 e. The lowest BCUT2D eigenvalue weighted by atomic mass is 10.2. The molecular weight excluding hydrogens is 299 g/mol. The van der Waals surface area contributed by atoms with Crippen LogP contribution in [0.15, 0.2) is 41.8 Å². The van der Waals surface area contributed by atoms with Gasteiger partial charge >= 0.3 is 6.18 Å². The summed E-state index contributed by atoms with van der Waals surface area (Å²) in [5, 5.41) is 5.83. The molecule has 3 nitrogen and oxygen atoms in total. The molecule has 1 aromatic carbocycles. The van der Waals surface area contributed by atoms with E-state index in [1.54, 1.807) is 5.38 Å². The van der Waals surface area contributed by atoms with E-state index in [9.17, 15) is 13.2 Å². The van der Waals surface area contributed by atoms with Crippen LogP contribution in [-0.4, -0.2) is 14.8 Å². The molecule has 0 aliphatic carbocycles. The third-order valence-electron chi connectivity index (χ3n) is 2.86. The molecule has 0 saturated heterocycles. The Balaban J connectivity index is 2.05. The Morgan fingerprint density at radius 3 is 2.52 bits per heavy atom. The highest BCUT2D eigenvalue weighted by Gasteiger charge is 2.36. The number of alkyl halides is 3. The first kappa shape index (κ1) is 13.8. The van der Waals surface area contributed by atoms with Crippen LogP contribution in [0.5, 0.6) is 0 Å². The molecule has 21 heavy (non-hydrogen) atoms. The molecule has 108 valence electrons. The molecule has 7 heteroatoms. The lowest BCUT2D eigenvalue weighted by Gasteiger charge is -2.07. The second-order valence-corrected chi connectivity index (χ2v) is 5.30. The molecule has 0 saturated carbocycles. The average Bonchev–Trinajstić information content (AvgIpc) is 3.05. The van der Waals surface area contributed by atoms with Gasteiger partial charge in [-0.3, -0.25) is 0 Å². The van der Waals surface area contributed by atoms with Gasteiger partial charge in [0.25, 0.3) is 0 Å². The van der Waals surface area contributed by atoms with Crippen LogP contribution in [0.2, 0.25) is 0 Å². The van der Waals surface area contributed by atoms with Crippen LogP contribution in [0.1, 0.15) is 11.4 Å². The Morgan fingerprint density at radius 1 is 1.14 bits per heavy atom. The maximum absolute atomic E-state index is 13.0. The summed E-state index contributed by atoms with van der Waals surface area (Å²) in [5.41, 5.74) is 0.988. The standard InChI is InChI=1S/C14H10F3N3S/c1-9-7-12(14(15,16)17)20(19-9)13-18-11(8-21-13)10-5-3-2-4-6-10/h2-8H,1H3. The van der Waals surface area contributed by atoms with Crippen molar-refractivity contribution in [3.63, 3.8) is 0 Å². The summed E-state index contributed by atoms with van der Waals surface area (Å²) in [5.74, 6) is 0. The Bertz CT molecular complexity index is 759. The van der Waals surface area contributed by atoms with E-state index in [-0.39, 0.29) is 5.13 Å². The molecule has 0 amide bonds. The number of hydrogen-bond acceptors (Lipinski definition) is 3. The molecule has 0 spiro atoms. The fraction of sp³-hybridized carbons (Fsp3) is 0.143. The van der Waals surface area contributed by atoms with Crippen LogP contribution in [0, 0.1) is 6.92 Å². The molecule has 0 N–H and O–H groups in total. The van der Waals surface area contributed by atoms with Gasteiger partial charge in [0.05, 0.1) is 11.4 Å². The number of hydrogen-bond donors (Lipinski definition) is 0. The minimum absolute atomic E-state index is 0.203. The molecule has 0 fully saturated rings. The lowest BCUT2D eigenvalue weighted by Crippen LogP contribution is -2.13. The summed E-state index contributed by atoms with van der Waals surface area (Å²) in [7, 11) is 0. The monoisotopic (exact) mass is 309 g/mol. The molecule has 0 atom stereocenters. The van der Waals surface area contributed by atoms with Gasteiger partial charge in [0, 0.05) is 10.9 Å². The third kappa shape index (κ3) is 2.69. The second-order valence-electron chi connectivity index (χ2n) is 4.46. The number of halogens is 3. The molecule has 0 radical (unpaired) electrons. The number of aryl methyl sites for hydroxylation is 1. The van der Waals surface area contributed by atoms with Gasteiger partial charge < -0.3 is 0 Å². The molecular formula is C14H10F3N3S. The number of nitrogens with zero attached hydrogens (tertiary/aromatic N) is 3. The number of benzene rings is 1. The van der Waals surface area contributed by atoms with Crippen molar-refractivity contribution in [2.45, 2.75) is 13.1 Å². The first-order valence-corrected chi connectivity index (χ1v) is 6.98. The van der Waals surface area contributed by atoms with Crippen LogP contribution < -0.4 is 0 Å². The molecule has 0 unspecified atom stereocenters. The highest BCUT2D eigenvalue weighted by molar-refractivity contribution is 7.12. The molecule has 0 aliphatic rings. The Kier molecular flexibility index (Phi) is 3.29. The van der Waals surface area contributed by atoms with E-state index in [1.807, 2.05) is 30.3 Å². The fourth-order valence-electron chi connectivity index (χ4n) is 1.95. The summed E-state index contributed by atoms with van der Waals surface area (Å²) in [4.78, 5) is 4.26. The van der Waals surface area contributed by atoms with Crippen LogP contribution in [-0.2, 0) is 6.18 Å². The van der Waals surface area contributed by atoms with E-state index in [0.29, 0.717) is 11.4 Å². The van der Waals surface area contributed by atoms with Crippen LogP contribution in [0.4, 0.5) is 13.2 Å². The van der Waals surface area contributed by atoms with Gasteiger partial charge in [-0.25, -0.2) is 9.67 Å². The van der Waals surface area contributed by atoms with Gasteiger partial charge in [-0.05, 0) is 13.0 Å². The van der Waals surface area contributed by atoms with E-state index < -0.39 is 11.9 Å². The third-order valence-corrected chi connectivity index (χ3v) is 3.68. The predicted molar refractivity (Wildman–Crippen MR) is 74.4 cm³/mol. The largest absolute Gasteiger partial charge is 0.433 e. The Morgan fingerprint density at radius 2 is 1.86 bits per heavy atom. The van der Waals surface area contributed by atoms with Gasteiger partial charge in [0.2, 0.25) is 5.13 Å². The molecule has 0 bridgehead atoms. The number of thiazole rings is 1. The molecule has 3 aromatic rings. The quantitative estimate of drug-likeness (QED) is 0.705. The maximum atomic E-state index is 13.0. The van der Waals surface area contributed by atoms with E-state index in [4.69, 9.17) is 0 Å². The van der Waals surface area contributed by atoms with Crippen molar-refractivity contribution < 1.29 is 13.2 Å². The summed E-state index contributed by atoms with van der Waals surface area (Å²) in [6.45, 7) is 1.53. The topological polar surface area (TPSA) is 30.7 Å². The molecule has 0 aliphatic heterocycles. The summed E-state index contributed by atoms with van der Waals surface area (Å²) < 4.78 is 39.8. The van der Waals surface area contributed by atoms with Gasteiger partial charge in [0.1, 0.15) is 0 Å². The molecule has 3 rings (SSSR count). The number of rotatable bonds is 2. The fourth-order valence-corrected chi connectivity index (χ4v) is 2.75. The zero-order valence-corrected chi connectivity index (χ0v) is 11.7. The summed E-state index contributed by atoms with van der Waals surface area (Å²) in [6.07, 6.45) is -4.46. The second kappa shape index (κ2) is 5.00. The van der Waals surface area contributed by atoms with Crippen molar-refractivity contribution in [3.8, 4) is 16.4 Å². The van der Waals surface area contributed by atoms with Gasteiger partial charge in [-0.15, -0.1) is 11.3 Å². The zero-order chi connectivity index (χ0) is 15.0. The minimum atomic E-state index is -4.46. The highest BCUT2D eigenvalue weighted by Crippen LogP contribution is 2.33. The minimum Gasteiger partial charge on any atom is -0.218 e. The number of aromatic nitrogens is 3. The van der Waals surface area contributed by atoms with Gasteiger partial charge in [0.15, 0.2) is 5.69 Å². The van der Waals surface area contributed by atoms with E-state index in [1.165, 1.54) is 6.92 Å². The smallest absolute Gasteiger partial charge is 0.218 e. The average molecular weight is 309 g/mol. The van der Waals surface area contributed by atoms with Crippen LogP contribution in [0.25, 0.3) is 16.4 Å². The Labute approximate surface area is 122 Å². The van der Waals surface area contributed by atoms with Crippen LogP contribution >= 0.6 is 11.3 Å². The first-order valence-electron chi connectivity index (χ1n) is 6.10.